The molecule has 4 aliphatic carbocycles. The summed E-state index contributed by atoms with van der Waals surface area (Å²) >= 11 is 0. The standard InChI is InChI=1S/C26H24N2O4/c1-32-21-10-6-5-9-20(21)27(24(29)15-7-3-2-4-8-15)14-28-25(30)22-16-11-12-17(19-13-18(16)19)23(22)26(28)31/h2-12,16-19,22-23H,13-14H2,1H3/t16-,17-,18-,19-,22-,23+/m1/s1. The van der Waals surface area contributed by atoms with Crippen LogP contribution in [0.2, 0.25) is 0 Å². The molecule has 0 unspecified atom stereocenters. The fourth-order valence-corrected chi connectivity index (χ4v) is 6.14. The quantitative estimate of drug-likeness (QED) is 0.541. The number of benzene rings is 2. The third-order valence-corrected chi connectivity index (χ3v) is 7.68. The molecule has 1 saturated heterocycles. The van der Waals surface area contributed by atoms with E-state index in [1.54, 1.807) is 43.5 Å². The Morgan fingerprint density at radius 3 is 2.16 bits per heavy atom. The minimum Gasteiger partial charge on any atom is -0.495 e. The molecule has 2 bridgehead atoms. The molecular formula is C26H24N2O4. The molecule has 5 aliphatic rings. The maximum absolute atomic E-state index is 13.5. The van der Waals surface area contributed by atoms with Gasteiger partial charge in [0.1, 0.15) is 12.4 Å². The summed E-state index contributed by atoms with van der Waals surface area (Å²) in [7, 11) is 1.54. The number of ether oxygens (including phenoxy) is 1. The summed E-state index contributed by atoms with van der Waals surface area (Å²) in [4.78, 5) is 43.3. The summed E-state index contributed by atoms with van der Waals surface area (Å²) in [6, 6.07) is 16.1. The summed E-state index contributed by atoms with van der Waals surface area (Å²) in [6.07, 6.45) is 5.43. The van der Waals surface area contributed by atoms with Crippen LogP contribution in [0.5, 0.6) is 5.75 Å². The Morgan fingerprint density at radius 2 is 1.53 bits per heavy atom. The largest absolute Gasteiger partial charge is 0.495 e. The Morgan fingerprint density at radius 1 is 0.938 bits per heavy atom. The topological polar surface area (TPSA) is 66.9 Å². The number of likely N-dealkylation sites (tertiary alicyclic amines) is 1. The summed E-state index contributed by atoms with van der Waals surface area (Å²) in [6.45, 7) is -0.118. The first-order valence-electron chi connectivity index (χ1n) is 11.1. The molecule has 1 heterocycles. The van der Waals surface area contributed by atoms with Gasteiger partial charge in [0.25, 0.3) is 5.91 Å². The van der Waals surface area contributed by atoms with Crippen molar-refractivity contribution in [2.75, 3.05) is 18.7 Å². The summed E-state index contributed by atoms with van der Waals surface area (Å²) in [5.74, 6) is 0.752. The molecule has 162 valence electrons. The number of hydrogen-bond donors (Lipinski definition) is 0. The highest BCUT2D eigenvalue weighted by Crippen LogP contribution is 2.65. The Labute approximate surface area is 186 Å². The van der Waals surface area contributed by atoms with Gasteiger partial charge in [-0.2, -0.15) is 0 Å². The summed E-state index contributed by atoms with van der Waals surface area (Å²) in [5, 5.41) is 0. The molecule has 6 atom stereocenters. The zero-order chi connectivity index (χ0) is 22.0. The van der Waals surface area contributed by atoms with Crippen LogP contribution in [0.4, 0.5) is 5.69 Å². The molecule has 32 heavy (non-hydrogen) atoms. The van der Waals surface area contributed by atoms with Crippen molar-refractivity contribution in [3.8, 4) is 5.75 Å². The van der Waals surface area contributed by atoms with Crippen molar-refractivity contribution in [1.29, 1.82) is 0 Å². The van der Waals surface area contributed by atoms with Gasteiger partial charge in [-0.05, 0) is 54.4 Å². The zero-order valence-corrected chi connectivity index (χ0v) is 17.8. The third kappa shape index (κ3) is 2.68. The van der Waals surface area contributed by atoms with Crippen LogP contribution in [0.3, 0.4) is 0 Å². The Hall–Kier alpha value is -3.41. The molecule has 6 heteroatoms. The van der Waals surface area contributed by atoms with Gasteiger partial charge in [-0.15, -0.1) is 0 Å². The number of carbonyl (C=O) groups is 3. The van der Waals surface area contributed by atoms with Gasteiger partial charge >= 0.3 is 0 Å². The number of carbonyl (C=O) groups excluding carboxylic acids is 3. The van der Waals surface area contributed by atoms with Gasteiger partial charge in [-0.3, -0.25) is 24.2 Å². The predicted molar refractivity (Wildman–Crippen MR) is 118 cm³/mol. The van der Waals surface area contributed by atoms with Crippen molar-refractivity contribution in [2.45, 2.75) is 6.42 Å². The fraction of sp³-hybridized carbons (Fsp3) is 0.346. The first-order valence-corrected chi connectivity index (χ1v) is 11.1. The summed E-state index contributed by atoms with van der Waals surface area (Å²) < 4.78 is 5.50. The maximum atomic E-state index is 13.5. The molecule has 1 aliphatic heterocycles. The molecule has 3 amide bonds. The smallest absolute Gasteiger partial charge is 0.259 e. The number of para-hydroxylation sites is 2. The van der Waals surface area contributed by atoms with Crippen molar-refractivity contribution in [1.82, 2.24) is 4.90 Å². The van der Waals surface area contributed by atoms with Crippen molar-refractivity contribution in [3.05, 3.63) is 72.3 Å². The normalized spacial score (nSPS) is 31.3. The van der Waals surface area contributed by atoms with Crippen molar-refractivity contribution < 1.29 is 19.1 Å². The molecule has 2 aromatic carbocycles. The lowest BCUT2D eigenvalue weighted by atomic mass is 9.63. The number of nitrogens with zero attached hydrogens (tertiary/aromatic N) is 2. The van der Waals surface area contributed by atoms with Crippen LogP contribution < -0.4 is 9.64 Å². The van der Waals surface area contributed by atoms with Crippen LogP contribution in [0.15, 0.2) is 66.7 Å². The van der Waals surface area contributed by atoms with E-state index in [1.165, 1.54) is 9.80 Å². The first kappa shape index (κ1) is 19.3. The van der Waals surface area contributed by atoms with Crippen LogP contribution in [0.1, 0.15) is 16.8 Å². The van der Waals surface area contributed by atoms with Gasteiger partial charge in [-0.1, -0.05) is 42.5 Å². The van der Waals surface area contributed by atoms with Gasteiger partial charge in [0.15, 0.2) is 0 Å². The molecule has 6 nitrogen and oxygen atoms in total. The molecule has 7 rings (SSSR count). The average molecular weight is 428 g/mol. The van der Waals surface area contributed by atoms with E-state index in [9.17, 15) is 14.4 Å². The van der Waals surface area contributed by atoms with E-state index in [1.807, 2.05) is 18.2 Å². The highest BCUT2D eigenvalue weighted by Gasteiger charge is 2.67. The second-order valence-electron chi connectivity index (χ2n) is 9.17. The highest BCUT2D eigenvalue weighted by molar-refractivity contribution is 6.10. The van der Waals surface area contributed by atoms with Crippen molar-refractivity contribution >= 4 is 23.4 Å². The Balaban J connectivity index is 1.36. The highest BCUT2D eigenvalue weighted by atomic mass is 16.5. The second kappa shape index (κ2) is 7.05. The van der Waals surface area contributed by atoms with E-state index in [0.29, 0.717) is 28.8 Å². The van der Waals surface area contributed by atoms with Crippen molar-refractivity contribution in [3.63, 3.8) is 0 Å². The number of anilines is 1. The van der Waals surface area contributed by atoms with E-state index in [4.69, 9.17) is 4.74 Å². The summed E-state index contributed by atoms with van der Waals surface area (Å²) in [5.41, 5.74) is 1.01. The number of amides is 3. The van der Waals surface area contributed by atoms with Crippen LogP contribution in [0.25, 0.3) is 0 Å². The fourth-order valence-electron chi connectivity index (χ4n) is 6.14. The van der Waals surface area contributed by atoms with E-state index in [-0.39, 0.29) is 48.1 Å². The number of imide groups is 1. The monoisotopic (exact) mass is 428 g/mol. The maximum Gasteiger partial charge on any atom is 0.259 e. The van der Waals surface area contributed by atoms with Gasteiger partial charge in [0, 0.05) is 5.56 Å². The van der Waals surface area contributed by atoms with E-state index in [2.05, 4.69) is 12.2 Å². The molecule has 0 N–H and O–H groups in total. The number of allylic oxidation sites excluding steroid dienone is 2. The molecule has 2 saturated carbocycles. The van der Waals surface area contributed by atoms with E-state index in [0.717, 1.165) is 6.42 Å². The zero-order valence-electron chi connectivity index (χ0n) is 17.8. The second-order valence-corrected chi connectivity index (χ2v) is 9.17. The number of methoxy groups -OCH3 is 1. The van der Waals surface area contributed by atoms with E-state index >= 15 is 0 Å². The molecular weight excluding hydrogens is 404 g/mol. The van der Waals surface area contributed by atoms with Crippen LogP contribution in [-0.2, 0) is 9.59 Å². The lowest BCUT2D eigenvalue weighted by molar-refractivity contribution is -0.140. The molecule has 0 aromatic heterocycles. The van der Waals surface area contributed by atoms with E-state index < -0.39 is 0 Å². The minimum atomic E-state index is -0.285. The minimum absolute atomic E-state index is 0.118. The lowest BCUT2D eigenvalue weighted by Gasteiger charge is -2.37. The molecule has 2 aromatic rings. The number of hydrogen-bond acceptors (Lipinski definition) is 4. The van der Waals surface area contributed by atoms with Gasteiger partial charge in [0.2, 0.25) is 11.8 Å². The predicted octanol–water partition coefficient (Wildman–Crippen LogP) is 3.35. The molecule has 0 spiro atoms. The van der Waals surface area contributed by atoms with Crippen molar-refractivity contribution in [2.24, 2.45) is 35.5 Å². The Kier molecular flexibility index (Phi) is 4.25. The SMILES string of the molecule is COc1ccccc1N(CN1C(=O)[C@@H]2[C@@H]3C=C[C@H]([C@H]4C[C@H]34)[C@@H]2C1=O)C(=O)c1ccccc1. The average Bonchev–Trinajstić information content (AvgIpc) is 3.62. The van der Waals surface area contributed by atoms with Crippen LogP contribution in [-0.4, -0.2) is 36.4 Å². The van der Waals surface area contributed by atoms with Gasteiger partial charge in [0.05, 0.1) is 24.6 Å². The Bertz CT molecular complexity index is 1110. The van der Waals surface area contributed by atoms with Crippen LogP contribution >= 0.6 is 0 Å². The molecule has 3 fully saturated rings. The first-order chi connectivity index (χ1) is 15.6. The lowest BCUT2D eigenvalue weighted by Crippen LogP contribution is -2.45. The number of rotatable bonds is 5. The van der Waals surface area contributed by atoms with Gasteiger partial charge < -0.3 is 4.74 Å². The molecule has 0 radical (unpaired) electrons. The van der Waals surface area contributed by atoms with Gasteiger partial charge in [-0.25, -0.2) is 0 Å². The van der Waals surface area contributed by atoms with Crippen LogP contribution in [0, 0.1) is 35.5 Å². The third-order valence-electron chi connectivity index (χ3n) is 7.68.